The molecule has 1 amide bonds. The van der Waals surface area contributed by atoms with E-state index < -0.39 is 6.10 Å². The molecule has 1 unspecified atom stereocenters. The molecule has 2 fully saturated rings. The normalized spacial score (nSPS) is 20.2. The first-order valence-corrected chi connectivity index (χ1v) is 13.5. The lowest BCUT2D eigenvalue weighted by molar-refractivity contribution is -0.123. The van der Waals surface area contributed by atoms with Crippen molar-refractivity contribution in [1.29, 1.82) is 0 Å². The van der Waals surface area contributed by atoms with Gasteiger partial charge in [0.25, 0.3) is 5.91 Å². The molecule has 1 atom stereocenters. The van der Waals surface area contributed by atoms with E-state index in [1.165, 1.54) is 12.8 Å². The van der Waals surface area contributed by atoms with Crippen LogP contribution in [0.5, 0.6) is 11.5 Å². The lowest BCUT2D eigenvalue weighted by Gasteiger charge is -2.38. The van der Waals surface area contributed by atoms with Crippen molar-refractivity contribution < 1.29 is 23.7 Å². The number of anilines is 3. The highest BCUT2D eigenvalue weighted by Gasteiger charge is 2.31. The van der Waals surface area contributed by atoms with Crippen molar-refractivity contribution >= 4 is 23.0 Å². The van der Waals surface area contributed by atoms with E-state index >= 15 is 0 Å². The first kappa shape index (κ1) is 25.6. The second-order valence-corrected chi connectivity index (χ2v) is 9.97. The third kappa shape index (κ3) is 6.10. The zero-order valence-electron chi connectivity index (χ0n) is 21.6. The van der Waals surface area contributed by atoms with Crippen LogP contribution in [0.4, 0.5) is 21.6 Å². The molecule has 8 nitrogen and oxygen atoms in total. The van der Waals surface area contributed by atoms with E-state index in [9.17, 15) is 9.32 Å². The number of amides is 1. The topological polar surface area (TPSA) is 66.5 Å². The maximum atomic E-state index is 13.2. The molecular weight excluding hydrogens is 475 g/mol. The number of halogens is 1. The van der Waals surface area contributed by atoms with Gasteiger partial charge in [0.05, 0.1) is 18.9 Å². The van der Waals surface area contributed by atoms with E-state index in [0.29, 0.717) is 18.6 Å². The van der Waals surface area contributed by atoms with Gasteiger partial charge in [-0.1, -0.05) is 13.3 Å². The predicted octanol–water partition coefficient (Wildman–Crippen LogP) is 4.04. The second kappa shape index (κ2) is 12.0. The van der Waals surface area contributed by atoms with Gasteiger partial charge in [0, 0.05) is 66.8 Å². The first-order chi connectivity index (χ1) is 18.1. The van der Waals surface area contributed by atoms with Crippen molar-refractivity contribution in [2.24, 2.45) is 0 Å². The summed E-state index contributed by atoms with van der Waals surface area (Å²) in [5.74, 6) is 0.664. The molecule has 9 heteroatoms. The molecule has 0 spiro atoms. The third-order valence-corrected chi connectivity index (χ3v) is 7.49. The molecule has 200 valence electrons. The van der Waals surface area contributed by atoms with Crippen LogP contribution in [0.3, 0.4) is 0 Å². The number of unbranched alkanes of at least 4 members (excludes halogenated alkanes) is 1. The van der Waals surface area contributed by atoms with Gasteiger partial charge in [0.15, 0.2) is 11.9 Å². The summed E-state index contributed by atoms with van der Waals surface area (Å²) in [5.41, 5.74) is 3.53. The number of hydrogen-bond acceptors (Lipinski definition) is 7. The van der Waals surface area contributed by atoms with Crippen LogP contribution in [0.25, 0.3) is 0 Å². The number of hydrogen-bond donors (Lipinski definition) is 1. The molecule has 0 saturated carbocycles. The van der Waals surface area contributed by atoms with Gasteiger partial charge in [-0.3, -0.25) is 14.6 Å². The van der Waals surface area contributed by atoms with Crippen LogP contribution in [0.1, 0.15) is 31.7 Å². The number of nitrogens with zero attached hydrogens (tertiary/aromatic N) is 3. The number of nitrogens with one attached hydrogen (secondary N) is 1. The van der Waals surface area contributed by atoms with Gasteiger partial charge < -0.3 is 24.6 Å². The number of ether oxygens (including phenoxy) is 2. The molecule has 2 saturated heterocycles. The lowest BCUT2D eigenvalue weighted by atomic mass is 9.99. The Bertz CT molecular complexity index is 1050. The van der Waals surface area contributed by atoms with Crippen LogP contribution in [0.15, 0.2) is 36.4 Å². The fourth-order valence-electron chi connectivity index (χ4n) is 5.31. The highest BCUT2D eigenvalue weighted by Crippen LogP contribution is 2.41. The predicted molar refractivity (Wildman–Crippen MR) is 143 cm³/mol. The number of rotatable bonds is 8. The van der Waals surface area contributed by atoms with Crippen molar-refractivity contribution in [2.45, 2.75) is 38.7 Å². The highest BCUT2D eigenvalue weighted by molar-refractivity contribution is 5.95. The van der Waals surface area contributed by atoms with Crippen LogP contribution in [-0.4, -0.2) is 75.9 Å². The summed E-state index contributed by atoms with van der Waals surface area (Å²) in [4.78, 5) is 24.2. The number of piperazine rings is 1. The second-order valence-electron chi connectivity index (χ2n) is 9.97. The molecule has 0 aliphatic carbocycles. The summed E-state index contributed by atoms with van der Waals surface area (Å²) < 4.78 is 24.9. The molecule has 0 radical (unpaired) electrons. The van der Waals surface area contributed by atoms with E-state index in [1.54, 1.807) is 12.1 Å². The van der Waals surface area contributed by atoms with Crippen molar-refractivity contribution in [3.05, 3.63) is 42.0 Å². The Kier molecular flexibility index (Phi) is 8.31. The van der Waals surface area contributed by atoms with Crippen LogP contribution in [-0.2, 0) is 16.0 Å². The zero-order chi connectivity index (χ0) is 25.6. The standard InChI is InChI=1S/C28H37FN4O4/c1-2-3-10-31-11-13-33(14-12-31)25-20-24(37-29)19-21-4-9-26(36-27(21)25)28(34)30-22-5-7-23(8-6-22)32-15-17-35-18-16-32/h5-8,19-20,26H,2-4,9-18H2,1H3,(H,30,34). The van der Waals surface area contributed by atoms with Gasteiger partial charge >= 0.3 is 0 Å². The Morgan fingerprint density at radius 1 is 1.05 bits per heavy atom. The van der Waals surface area contributed by atoms with Crippen molar-refractivity contribution in [2.75, 3.05) is 74.1 Å². The van der Waals surface area contributed by atoms with E-state index in [4.69, 9.17) is 9.47 Å². The summed E-state index contributed by atoms with van der Waals surface area (Å²) >= 11 is 0. The van der Waals surface area contributed by atoms with Crippen LogP contribution in [0, 0.1) is 0 Å². The summed E-state index contributed by atoms with van der Waals surface area (Å²) in [5, 5.41) is 3.01. The first-order valence-electron chi connectivity index (χ1n) is 13.5. The maximum absolute atomic E-state index is 13.2. The number of benzene rings is 2. The zero-order valence-corrected chi connectivity index (χ0v) is 21.6. The number of morpholine rings is 1. The van der Waals surface area contributed by atoms with Gasteiger partial charge in [-0.25, -0.2) is 0 Å². The van der Waals surface area contributed by atoms with Gasteiger partial charge in [-0.05, 0) is 56.1 Å². The minimum absolute atomic E-state index is 0.175. The molecule has 3 heterocycles. The molecule has 0 bridgehead atoms. The van der Waals surface area contributed by atoms with Gasteiger partial charge in [0.1, 0.15) is 5.75 Å². The molecule has 2 aromatic rings. The van der Waals surface area contributed by atoms with E-state index in [1.807, 2.05) is 24.3 Å². The molecule has 5 rings (SSSR count). The summed E-state index contributed by atoms with van der Waals surface area (Å²) in [6.45, 7) is 10.0. The summed E-state index contributed by atoms with van der Waals surface area (Å²) in [6.07, 6.45) is 2.89. The smallest absolute Gasteiger partial charge is 0.265 e. The van der Waals surface area contributed by atoms with Crippen LogP contribution >= 0.6 is 0 Å². The Morgan fingerprint density at radius 2 is 1.81 bits per heavy atom. The minimum atomic E-state index is -0.617. The Morgan fingerprint density at radius 3 is 2.51 bits per heavy atom. The summed E-state index contributed by atoms with van der Waals surface area (Å²) in [7, 11) is 0. The number of carbonyl (C=O) groups is 1. The van der Waals surface area contributed by atoms with Crippen molar-refractivity contribution in [1.82, 2.24) is 4.90 Å². The minimum Gasteiger partial charge on any atom is -0.478 e. The molecule has 2 aromatic carbocycles. The molecule has 1 N–H and O–H groups in total. The van der Waals surface area contributed by atoms with Gasteiger partial charge in [-0.15, -0.1) is 0 Å². The van der Waals surface area contributed by atoms with Crippen molar-refractivity contribution in [3.63, 3.8) is 0 Å². The molecule has 0 aromatic heterocycles. The quantitative estimate of drug-likeness (QED) is 0.573. The van der Waals surface area contributed by atoms with E-state index in [2.05, 4.69) is 31.9 Å². The fourth-order valence-corrected chi connectivity index (χ4v) is 5.31. The summed E-state index contributed by atoms with van der Waals surface area (Å²) in [6, 6.07) is 11.3. The van der Waals surface area contributed by atoms with Gasteiger partial charge in [0.2, 0.25) is 0 Å². The Balaban J connectivity index is 1.25. The van der Waals surface area contributed by atoms with E-state index in [0.717, 1.165) is 81.7 Å². The molecule has 3 aliphatic heterocycles. The van der Waals surface area contributed by atoms with Crippen LogP contribution < -0.4 is 24.8 Å². The number of carbonyl (C=O) groups excluding carboxylic acids is 1. The molecule has 37 heavy (non-hydrogen) atoms. The van der Waals surface area contributed by atoms with Gasteiger partial charge in [-0.2, -0.15) is 0 Å². The molecule has 3 aliphatic rings. The monoisotopic (exact) mass is 512 g/mol. The molecular formula is C28H37FN4O4. The number of aryl methyl sites for hydroxylation is 1. The van der Waals surface area contributed by atoms with Crippen LogP contribution in [0.2, 0.25) is 0 Å². The Labute approximate surface area is 218 Å². The highest BCUT2D eigenvalue weighted by atomic mass is 19.3. The average molecular weight is 513 g/mol. The Hall–Kier alpha value is -3.04. The van der Waals surface area contributed by atoms with Crippen molar-refractivity contribution in [3.8, 4) is 11.5 Å². The largest absolute Gasteiger partial charge is 0.478 e. The fraction of sp³-hybridized carbons (Fsp3) is 0.536. The number of fused-ring (bicyclic) bond motifs is 1. The van der Waals surface area contributed by atoms with E-state index in [-0.39, 0.29) is 11.7 Å². The lowest BCUT2D eigenvalue weighted by Crippen LogP contribution is -2.47. The SMILES string of the molecule is CCCCN1CCN(c2cc(OF)cc3c2OC(C(=O)Nc2ccc(N4CCOCC4)cc2)CC3)CC1. The average Bonchev–Trinajstić information content (AvgIpc) is 2.96. The third-order valence-electron chi connectivity index (χ3n) is 7.49. The maximum Gasteiger partial charge on any atom is 0.265 e.